The Hall–Kier alpha value is -1.83. The predicted molar refractivity (Wildman–Crippen MR) is 128 cm³/mol. The van der Waals surface area contributed by atoms with E-state index in [-0.39, 0.29) is 18.4 Å². The molecule has 1 fully saturated rings. The largest absolute Gasteiger partial charge is 0.478 e. The number of hydrogen-bond donors (Lipinski definition) is 1. The summed E-state index contributed by atoms with van der Waals surface area (Å²) in [5.74, 6) is -2.61. The van der Waals surface area contributed by atoms with Crippen molar-refractivity contribution in [3.05, 3.63) is 98.0 Å². The van der Waals surface area contributed by atoms with E-state index in [1.165, 1.54) is 0 Å². The normalized spacial score (nSPS) is 24.5. The van der Waals surface area contributed by atoms with Crippen molar-refractivity contribution in [2.45, 2.75) is 23.9 Å². The third-order valence-electron chi connectivity index (χ3n) is 5.31. The molecule has 1 aliphatic heterocycles. The highest BCUT2D eigenvalue weighted by Gasteiger charge is 2.61. The maximum atomic E-state index is 10.9. The van der Waals surface area contributed by atoms with E-state index in [2.05, 4.69) is 0 Å². The maximum Gasteiger partial charge on any atom is 0.328 e. The van der Waals surface area contributed by atoms with E-state index in [0.29, 0.717) is 22.0 Å². The molecule has 33 heavy (non-hydrogen) atoms. The van der Waals surface area contributed by atoms with Gasteiger partial charge >= 0.3 is 5.97 Å². The van der Waals surface area contributed by atoms with Gasteiger partial charge in [-0.3, -0.25) is 0 Å². The van der Waals surface area contributed by atoms with Gasteiger partial charge in [-0.2, -0.15) is 0 Å². The Labute approximate surface area is 210 Å². The molecule has 5 nitrogen and oxygen atoms in total. The van der Waals surface area contributed by atoms with E-state index in [1.54, 1.807) is 36.4 Å². The van der Waals surface area contributed by atoms with Crippen LogP contribution in [0.1, 0.15) is 16.7 Å². The standard InChI is InChI=1S/C24H18Cl4O5/c25-19-6-3-7-20(26)18(19)13-31-24-21(27)11-15(12-23(24,28)32-14-33-24)10-17-5-2-1-4-16(17)8-9-22(29)30/h1-9,11-12H,10,13-14H2,(H,29,30)/b9-8+. The van der Waals surface area contributed by atoms with E-state index < -0.39 is 16.8 Å². The number of rotatable bonds is 7. The van der Waals surface area contributed by atoms with Crippen molar-refractivity contribution in [3.8, 4) is 0 Å². The van der Waals surface area contributed by atoms with Crippen LogP contribution < -0.4 is 0 Å². The molecule has 0 radical (unpaired) electrons. The first-order valence-electron chi connectivity index (χ1n) is 9.86. The molecular formula is C24H18Cl4O5. The number of carboxylic acids is 1. The Morgan fingerprint density at radius 3 is 2.55 bits per heavy atom. The summed E-state index contributed by atoms with van der Waals surface area (Å²) in [6, 6.07) is 12.6. The third kappa shape index (κ3) is 4.86. The van der Waals surface area contributed by atoms with Crippen molar-refractivity contribution in [1.29, 1.82) is 0 Å². The van der Waals surface area contributed by atoms with E-state index >= 15 is 0 Å². The minimum absolute atomic E-state index is 0.00755. The summed E-state index contributed by atoms with van der Waals surface area (Å²) in [6.07, 6.45) is 6.47. The monoisotopic (exact) mass is 526 g/mol. The zero-order valence-corrected chi connectivity index (χ0v) is 20.1. The van der Waals surface area contributed by atoms with Gasteiger partial charge < -0.3 is 19.3 Å². The lowest BCUT2D eigenvalue weighted by Crippen LogP contribution is -2.51. The Balaban J connectivity index is 1.61. The Bertz CT molecular complexity index is 1150. The van der Waals surface area contributed by atoms with Crippen LogP contribution in [0.3, 0.4) is 0 Å². The van der Waals surface area contributed by atoms with Crippen LogP contribution in [0.4, 0.5) is 0 Å². The molecule has 0 amide bonds. The van der Waals surface area contributed by atoms with E-state index in [9.17, 15) is 4.79 Å². The van der Waals surface area contributed by atoms with Gasteiger partial charge in [0.05, 0.1) is 11.6 Å². The summed E-state index contributed by atoms with van der Waals surface area (Å²) in [5.41, 5.74) is 2.98. The summed E-state index contributed by atoms with van der Waals surface area (Å²) in [6.45, 7) is -0.141. The number of allylic oxidation sites excluding steroid dienone is 2. The Morgan fingerprint density at radius 2 is 1.82 bits per heavy atom. The number of hydrogen-bond acceptors (Lipinski definition) is 4. The van der Waals surface area contributed by atoms with Gasteiger partial charge in [-0.05, 0) is 53.5 Å². The highest BCUT2D eigenvalue weighted by molar-refractivity contribution is 6.36. The maximum absolute atomic E-state index is 10.9. The quantitative estimate of drug-likeness (QED) is 0.326. The van der Waals surface area contributed by atoms with Crippen molar-refractivity contribution in [1.82, 2.24) is 0 Å². The number of fused-ring (bicyclic) bond motifs is 1. The highest BCUT2D eigenvalue weighted by atomic mass is 35.5. The lowest BCUT2D eigenvalue weighted by molar-refractivity contribution is -0.195. The molecule has 1 saturated heterocycles. The van der Waals surface area contributed by atoms with Gasteiger partial charge in [0, 0.05) is 21.7 Å². The first-order chi connectivity index (χ1) is 15.7. The van der Waals surface area contributed by atoms with E-state index in [1.807, 2.05) is 24.3 Å². The van der Waals surface area contributed by atoms with Crippen LogP contribution >= 0.6 is 46.4 Å². The molecule has 1 N–H and O–H groups in total. The number of ether oxygens (including phenoxy) is 3. The number of halogens is 4. The third-order valence-corrected chi connectivity index (χ3v) is 6.85. The molecule has 9 heteroatoms. The molecule has 2 aliphatic rings. The molecule has 0 bridgehead atoms. The molecule has 1 aliphatic carbocycles. The van der Waals surface area contributed by atoms with Crippen molar-refractivity contribution < 1.29 is 24.1 Å². The zero-order chi connectivity index (χ0) is 23.6. The topological polar surface area (TPSA) is 65.0 Å². The van der Waals surface area contributed by atoms with Crippen molar-refractivity contribution in [2.75, 3.05) is 6.79 Å². The first kappa shape index (κ1) is 24.3. The minimum atomic E-state index is -1.58. The second-order valence-electron chi connectivity index (χ2n) is 7.42. The van der Waals surface area contributed by atoms with Gasteiger partial charge in [-0.15, -0.1) is 0 Å². The van der Waals surface area contributed by atoms with Gasteiger partial charge in [0.25, 0.3) is 5.79 Å². The number of benzene rings is 2. The van der Waals surface area contributed by atoms with Crippen LogP contribution in [-0.2, 0) is 32.0 Å². The number of carbonyl (C=O) groups is 1. The highest BCUT2D eigenvalue weighted by Crippen LogP contribution is 2.51. The average Bonchev–Trinajstić information content (AvgIpc) is 3.10. The van der Waals surface area contributed by atoms with Crippen LogP contribution in [0.2, 0.25) is 10.0 Å². The molecule has 2 aromatic carbocycles. The second-order valence-corrected chi connectivity index (χ2v) is 9.20. The number of aliphatic carboxylic acids is 1. The van der Waals surface area contributed by atoms with E-state index in [4.69, 9.17) is 65.7 Å². The first-order valence-corrected chi connectivity index (χ1v) is 11.4. The Kier molecular flexibility index (Phi) is 7.22. The summed E-state index contributed by atoms with van der Waals surface area (Å²) >= 11 is 26.0. The fourth-order valence-electron chi connectivity index (χ4n) is 3.69. The molecule has 172 valence electrons. The number of alkyl halides is 1. The van der Waals surface area contributed by atoms with Crippen LogP contribution in [-0.4, -0.2) is 28.7 Å². The molecule has 0 saturated carbocycles. The molecule has 2 aromatic rings. The van der Waals surface area contributed by atoms with Gasteiger partial charge in [0.15, 0.2) is 6.79 Å². The van der Waals surface area contributed by atoms with Gasteiger partial charge in [-0.25, -0.2) is 4.79 Å². The second kappa shape index (κ2) is 9.80. The van der Waals surface area contributed by atoms with Crippen LogP contribution in [0.15, 0.2) is 71.3 Å². The van der Waals surface area contributed by atoms with Crippen molar-refractivity contribution in [3.63, 3.8) is 0 Å². The van der Waals surface area contributed by atoms with Crippen LogP contribution in [0.5, 0.6) is 0 Å². The summed E-state index contributed by atoms with van der Waals surface area (Å²) in [5, 5.41) is 8.52. The summed E-state index contributed by atoms with van der Waals surface area (Å²) in [7, 11) is 0. The lowest BCUT2D eigenvalue weighted by atomic mass is 9.92. The fraction of sp³-hybridized carbons (Fsp3) is 0.208. The summed E-state index contributed by atoms with van der Waals surface area (Å²) in [4.78, 5) is 10.9. The van der Waals surface area contributed by atoms with E-state index in [0.717, 1.165) is 22.8 Å². The summed E-state index contributed by atoms with van der Waals surface area (Å²) < 4.78 is 17.5. The molecule has 0 aromatic heterocycles. The lowest BCUT2D eigenvalue weighted by Gasteiger charge is -2.39. The van der Waals surface area contributed by atoms with Gasteiger partial charge in [-0.1, -0.05) is 76.7 Å². The molecule has 2 unspecified atom stereocenters. The molecule has 1 heterocycles. The fourth-order valence-corrected chi connectivity index (χ4v) is 5.03. The van der Waals surface area contributed by atoms with Gasteiger partial charge in [0.1, 0.15) is 0 Å². The van der Waals surface area contributed by atoms with Crippen LogP contribution in [0, 0.1) is 0 Å². The zero-order valence-electron chi connectivity index (χ0n) is 17.1. The molecule has 4 rings (SSSR count). The average molecular weight is 528 g/mol. The minimum Gasteiger partial charge on any atom is -0.478 e. The molecule has 0 spiro atoms. The SMILES string of the molecule is O=C(O)/C=C/c1ccccc1CC1=CC2(Cl)OCOC2(OCc2c(Cl)cccc2Cl)C(Cl)=C1. The molecular weight excluding hydrogens is 510 g/mol. The van der Waals surface area contributed by atoms with Gasteiger partial charge in [0.2, 0.25) is 5.06 Å². The Morgan fingerprint density at radius 1 is 1.09 bits per heavy atom. The number of carboxylic acid groups (broad SMARTS) is 1. The predicted octanol–water partition coefficient (Wildman–Crippen LogP) is 6.55. The van der Waals surface area contributed by atoms with Crippen molar-refractivity contribution in [2.24, 2.45) is 0 Å². The van der Waals surface area contributed by atoms with Crippen LogP contribution in [0.25, 0.3) is 6.08 Å². The molecule has 2 atom stereocenters. The smallest absolute Gasteiger partial charge is 0.328 e. The van der Waals surface area contributed by atoms with Crippen molar-refractivity contribution >= 4 is 58.4 Å².